The van der Waals surface area contributed by atoms with Crippen molar-refractivity contribution in [2.75, 3.05) is 26.3 Å². The lowest BCUT2D eigenvalue weighted by Crippen LogP contribution is -2.42. The van der Waals surface area contributed by atoms with Crippen LogP contribution < -0.4 is 5.32 Å². The molecule has 1 saturated heterocycles. The molecular formula is C19H24N4O3. The van der Waals surface area contributed by atoms with Gasteiger partial charge >= 0.3 is 0 Å². The molecule has 0 saturated carbocycles. The monoisotopic (exact) mass is 356 g/mol. The number of hydrogen-bond acceptors (Lipinski definition) is 4. The van der Waals surface area contributed by atoms with Gasteiger partial charge in [0, 0.05) is 18.7 Å². The van der Waals surface area contributed by atoms with Crippen molar-refractivity contribution in [3.63, 3.8) is 0 Å². The third-order valence-electron chi connectivity index (χ3n) is 4.46. The molecule has 0 spiro atoms. The Morgan fingerprint density at radius 1 is 1.31 bits per heavy atom. The second kappa shape index (κ2) is 7.70. The highest BCUT2D eigenvalue weighted by molar-refractivity contribution is 5.92. The van der Waals surface area contributed by atoms with Crippen molar-refractivity contribution in [2.24, 2.45) is 0 Å². The molecule has 7 heteroatoms. The minimum Gasteiger partial charge on any atom is -0.378 e. The third-order valence-corrected chi connectivity index (χ3v) is 4.46. The van der Waals surface area contributed by atoms with Gasteiger partial charge in [-0.3, -0.25) is 9.59 Å². The summed E-state index contributed by atoms with van der Waals surface area (Å²) in [5.41, 5.74) is 2.11. The van der Waals surface area contributed by atoms with E-state index < -0.39 is 0 Å². The van der Waals surface area contributed by atoms with Crippen molar-refractivity contribution < 1.29 is 14.3 Å². The van der Waals surface area contributed by atoms with Crippen LogP contribution in [0.15, 0.2) is 36.4 Å². The smallest absolute Gasteiger partial charge is 0.246 e. The number of ether oxygens (including phenoxy) is 1. The average molecular weight is 356 g/mol. The summed E-state index contributed by atoms with van der Waals surface area (Å²) >= 11 is 0. The van der Waals surface area contributed by atoms with Gasteiger partial charge in [-0.05, 0) is 26.0 Å². The van der Waals surface area contributed by atoms with E-state index in [0.29, 0.717) is 37.7 Å². The Morgan fingerprint density at radius 3 is 2.69 bits per heavy atom. The lowest BCUT2D eigenvalue weighted by atomic mass is 10.2. The van der Waals surface area contributed by atoms with Crippen LogP contribution in [0.4, 0.5) is 0 Å². The number of imidazole rings is 1. The Bertz CT molecular complexity index is 836. The predicted octanol–water partition coefficient (Wildman–Crippen LogP) is 1.65. The molecule has 1 N–H and O–H groups in total. The summed E-state index contributed by atoms with van der Waals surface area (Å²) in [6.45, 7) is 9.69. The lowest BCUT2D eigenvalue weighted by molar-refractivity contribution is -0.135. The van der Waals surface area contributed by atoms with E-state index in [0.717, 1.165) is 11.0 Å². The summed E-state index contributed by atoms with van der Waals surface area (Å²) in [6.07, 6.45) is 0. The Morgan fingerprint density at radius 2 is 2.00 bits per heavy atom. The summed E-state index contributed by atoms with van der Waals surface area (Å²) in [4.78, 5) is 31.2. The third kappa shape index (κ3) is 3.77. The fraction of sp³-hybridized carbons (Fsp3) is 0.421. The number of aromatic nitrogens is 2. The SMILES string of the molecule is C=C(C)C(=O)NC(C)c1nc2ccccc2n1CC(=O)N1CCOCC1. The van der Waals surface area contributed by atoms with Gasteiger partial charge in [-0.1, -0.05) is 18.7 Å². The largest absolute Gasteiger partial charge is 0.378 e. The number of fused-ring (bicyclic) bond motifs is 1. The van der Waals surface area contributed by atoms with E-state index in [9.17, 15) is 9.59 Å². The summed E-state index contributed by atoms with van der Waals surface area (Å²) < 4.78 is 7.20. The number of para-hydroxylation sites is 2. The van der Waals surface area contributed by atoms with Gasteiger partial charge in [-0.2, -0.15) is 0 Å². The number of nitrogens with zero attached hydrogens (tertiary/aromatic N) is 3. The normalized spacial score (nSPS) is 15.7. The number of amides is 2. The van der Waals surface area contributed by atoms with Crippen LogP contribution in [-0.2, 0) is 20.9 Å². The number of carbonyl (C=O) groups is 2. The van der Waals surface area contributed by atoms with Crippen LogP contribution in [0.3, 0.4) is 0 Å². The summed E-state index contributed by atoms with van der Waals surface area (Å²) in [6, 6.07) is 7.32. The molecule has 1 atom stereocenters. The van der Waals surface area contributed by atoms with Gasteiger partial charge in [0.1, 0.15) is 12.4 Å². The van der Waals surface area contributed by atoms with Crippen LogP contribution in [0, 0.1) is 0 Å². The molecule has 0 aliphatic carbocycles. The Balaban J connectivity index is 1.90. The highest BCUT2D eigenvalue weighted by atomic mass is 16.5. The molecule has 0 radical (unpaired) electrons. The Hall–Kier alpha value is -2.67. The van der Waals surface area contributed by atoms with E-state index in [1.54, 1.807) is 11.8 Å². The fourth-order valence-corrected chi connectivity index (χ4v) is 3.02. The zero-order valence-electron chi connectivity index (χ0n) is 15.2. The second-order valence-electron chi connectivity index (χ2n) is 6.51. The van der Waals surface area contributed by atoms with Crippen LogP contribution in [0.5, 0.6) is 0 Å². The molecular weight excluding hydrogens is 332 g/mol. The number of morpholine rings is 1. The quantitative estimate of drug-likeness (QED) is 0.827. The van der Waals surface area contributed by atoms with Crippen molar-refractivity contribution >= 4 is 22.8 Å². The minimum atomic E-state index is -0.343. The molecule has 1 aromatic carbocycles. The molecule has 1 unspecified atom stereocenters. The average Bonchev–Trinajstić information content (AvgIpc) is 3.01. The summed E-state index contributed by atoms with van der Waals surface area (Å²) in [5, 5.41) is 2.88. The predicted molar refractivity (Wildman–Crippen MR) is 98.5 cm³/mol. The zero-order chi connectivity index (χ0) is 18.7. The molecule has 1 aliphatic rings. The number of carbonyl (C=O) groups excluding carboxylic acids is 2. The van der Waals surface area contributed by atoms with E-state index >= 15 is 0 Å². The maximum Gasteiger partial charge on any atom is 0.246 e. The first-order valence-corrected chi connectivity index (χ1v) is 8.74. The van der Waals surface area contributed by atoms with Gasteiger partial charge in [0.05, 0.1) is 30.3 Å². The first-order valence-electron chi connectivity index (χ1n) is 8.74. The van der Waals surface area contributed by atoms with Gasteiger partial charge in [0.15, 0.2) is 0 Å². The molecule has 26 heavy (non-hydrogen) atoms. The Labute approximate surface area is 152 Å². The zero-order valence-corrected chi connectivity index (χ0v) is 15.2. The first-order chi connectivity index (χ1) is 12.5. The second-order valence-corrected chi connectivity index (χ2v) is 6.51. The lowest BCUT2D eigenvalue weighted by Gasteiger charge is -2.27. The molecule has 0 bridgehead atoms. The van der Waals surface area contributed by atoms with Crippen molar-refractivity contribution in [3.05, 3.63) is 42.2 Å². The number of benzene rings is 1. The molecule has 3 rings (SSSR count). The van der Waals surface area contributed by atoms with E-state index in [-0.39, 0.29) is 24.4 Å². The van der Waals surface area contributed by atoms with Crippen LogP contribution in [0.25, 0.3) is 11.0 Å². The maximum absolute atomic E-state index is 12.7. The summed E-state index contributed by atoms with van der Waals surface area (Å²) in [7, 11) is 0. The van der Waals surface area contributed by atoms with E-state index in [1.165, 1.54) is 0 Å². The summed E-state index contributed by atoms with van der Waals surface area (Å²) in [5.74, 6) is 0.453. The molecule has 2 heterocycles. The van der Waals surface area contributed by atoms with Crippen molar-refractivity contribution in [3.8, 4) is 0 Å². The molecule has 7 nitrogen and oxygen atoms in total. The van der Waals surface area contributed by atoms with Gasteiger partial charge in [0.2, 0.25) is 11.8 Å². The molecule has 1 aromatic heterocycles. The number of rotatable bonds is 5. The highest BCUT2D eigenvalue weighted by Gasteiger charge is 2.23. The molecule has 2 aromatic rings. The Kier molecular flexibility index (Phi) is 5.37. The molecule has 1 fully saturated rings. The van der Waals surface area contributed by atoms with Gasteiger partial charge in [-0.15, -0.1) is 0 Å². The van der Waals surface area contributed by atoms with E-state index in [1.807, 2.05) is 35.8 Å². The molecule has 1 aliphatic heterocycles. The topological polar surface area (TPSA) is 76.5 Å². The van der Waals surface area contributed by atoms with E-state index in [2.05, 4.69) is 16.9 Å². The van der Waals surface area contributed by atoms with Crippen LogP contribution in [-0.4, -0.2) is 52.6 Å². The van der Waals surface area contributed by atoms with Gasteiger partial charge < -0.3 is 19.5 Å². The van der Waals surface area contributed by atoms with Crippen LogP contribution in [0.1, 0.15) is 25.7 Å². The molecule has 138 valence electrons. The van der Waals surface area contributed by atoms with Gasteiger partial charge in [-0.25, -0.2) is 4.98 Å². The van der Waals surface area contributed by atoms with Gasteiger partial charge in [0.25, 0.3) is 0 Å². The minimum absolute atomic E-state index is 0.0242. The van der Waals surface area contributed by atoms with Crippen molar-refractivity contribution in [2.45, 2.75) is 26.4 Å². The number of hydrogen-bond donors (Lipinski definition) is 1. The first kappa shape index (κ1) is 18.1. The highest BCUT2D eigenvalue weighted by Crippen LogP contribution is 2.21. The van der Waals surface area contributed by atoms with Crippen LogP contribution >= 0.6 is 0 Å². The van der Waals surface area contributed by atoms with E-state index in [4.69, 9.17) is 4.74 Å². The van der Waals surface area contributed by atoms with Crippen molar-refractivity contribution in [1.29, 1.82) is 0 Å². The standard InChI is InChI=1S/C19H24N4O3/c1-13(2)19(25)20-14(3)18-21-15-6-4-5-7-16(15)23(18)12-17(24)22-8-10-26-11-9-22/h4-7,14H,1,8-12H2,2-3H3,(H,20,25). The maximum atomic E-state index is 12.7. The fourth-order valence-electron chi connectivity index (χ4n) is 3.02. The number of nitrogens with one attached hydrogen (secondary N) is 1. The van der Waals surface area contributed by atoms with Crippen molar-refractivity contribution in [1.82, 2.24) is 19.8 Å². The van der Waals surface area contributed by atoms with Crippen LogP contribution in [0.2, 0.25) is 0 Å². The molecule has 2 amide bonds.